The molecule has 0 fully saturated rings. The largest absolute Gasteiger partial charge is 0.465 e. The van der Waals surface area contributed by atoms with Crippen molar-refractivity contribution < 1.29 is 19.1 Å². The molecule has 0 saturated carbocycles. The number of carbonyl (C=O) groups is 3. The zero-order valence-electron chi connectivity index (χ0n) is 12.9. The number of thiophene rings is 1. The zero-order valence-corrected chi connectivity index (χ0v) is 14.5. The standard InChI is InChI=1S/C18H10ClNO4S/c1-24-18(23)15-14(19)12-7-6-9(8-13(12)25-15)20-16(21)10-4-2-3-5-11(10)17(20)22/h2-8H,1H3. The predicted octanol–water partition coefficient (Wildman–Crippen LogP) is 4.14. The molecule has 2 heterocycles. The van der Waals surface area contributed by atoms with E-state index >= 15 is 0 Å². The molecule has 1 aromatic heterocycles. The van der Waals surface area contributed by atoms with Gasteiger partial charge in [0.05, 0.1) is 28.9 Å². The summed E-state index contributed by atoms with van der Waals surface area (Å²) in [6.07, 6.45) is 0. The molecular weight excluding hydrogens is 362 g/mol. The Labute approximate surface area is 151 Å². The first kappa shape index (κ1) is 15.8. The summed E-state index contributed by atoms with van der Waals surface area (Å²) in [5, 5.41) is 0.980. The molecule has 4 rings (SSSR count). The topological polar surface area (TPSA) is 63.7 Å². The summed E-state index contributed by atoms with van der Waals surface area (Å²) in [7, 11) is 1.28. The molecule has 0 radical (unpaired) electrons. The van der Waals surface area contributed by atoms with Gasteiger partial charge in [0.15, 0.2) is 0 Å². The second kappa shape index (κ2) is 5.68. The number of halogens is 1. The molecule has 0 aliphatic carbocycles. The van der Waals surface area contributed by atoms with Crippen molar-refractivity contribution in [3.63, 3.8) is 0 Å². The fourth-order valence-corrected chi connectivity index (χ4v) is 4.30. The maximum atomic E-state index is 12.6. The Bertz CT molecular complexity index is 1040. The number of hydrogen-bond acceptors (Lipinski definition) is 5. The molecule has 5 nitrogen and oxygen atoms in total. The first-order valence-electron chi connectivity index (χ1n) is 7.31. The zero-order chi connectivity index (χ0) is 17.7. The molecule has 0 saturated heterocycles. The van der Waals surface area contributed by atoms with Crippen molar-refractivity contribution in [2.75, 3.05) is 12.0 Å². The third-order valence-electron chi connectivity index (χ3n) is 4.04. The quantitative estimate of drug-likeness (QED) is 0.501. The Morgan fingerprint density at radius 1 is 1.08 bits per heavy atom. The van der Waals surface area contributed by atoms with Gasteiger partial charge in [-0.15, -0.1) is 11.3 Å². The molecular formula is C18H10ClNO4S. The highest BCUT2D eigenvalue weighted by Gasteiger charge is 2.36. The SMILES string of the molecule is COC(=O)c1sc2cc(N3C(=O)c4ccccc4C3=O)ccc2c1Cl. The lowest BCUT2D eigenvalue weighted by Crippen LogP contribution is -2.29. The van der Waals surface area contributed by atoms with E-state index in [1.165, 1.54) is 7.11 Å². The van der Waals surface area contributed by atoms with E-state index in [0.29, 0.717) is 36.8 Å². The number of anilines is 1. The van der Waals surface area contributed by atoms with Crippen LogP contribution in [0.5, 0.6) is 0 Å². The van der Waals surface area contributed by atoms with Crippen LogP contribution in [0, 0.1) is 0 Å². The van der Waals surface area contributed by atoms with Gasteiger partial charge < -0.3 is 4.74 Å². The molecule has 3 aromatic rings. The molecule has 0 N–H and O–H groups in total. The van der Waals surface area contributed by atoms with Crippen molar-refractivity contribution >= 4 is 56.5 Å². The summed E-state index contributed by atoms with van der Waals surface area (Å²) < 4.78 is 5.42. The monoisotopic (exact) mass is 371 g/mol. The second-order valence-electron chi connectivity index (χ2n) is 5.41. The summed E-state index contributed by atoms with van der Waals surface area (Å²) in [5.74, 6) is -1.25. The van der Waals surface area contributed by atoms with Crippen LogP contribution in [-0.4, -0.2) is 24.9 Å². The van der Waals surface area contributed by atoms with Crippen molar-refractivity contribution in [1.82, 2.24) is 0 Å². The number of benzene rings is 2. The van der Waals surface area contributed by atoms with Crippen LogP contribution in [0.15, 0.2) is 42.5 Å². The number of carbonyl (C=O) groups excluding carboxylic acids is 3. The number of esters is 1. The van der Waals surface area contributed by atoms with Crippen LogP contribution in [0.1, 0.15) is 30.4 Å². The highest BCUT2D eigenvalue weighted by atomic mass is 35.5. The number of hydrogen-bond donors (Lipinski definition) is 0. The van der Waals surface area contributed by atoms with E-state index in [4.69, 9.17) is 16.3 Å². The van der Waals surface area contributed by atoms with E-state index in [1.54, 1.807) is 42.5 Å². The molecule has 7 heteroatoms. The minimum absolute atomic E-state index is 0.290. The molecule has 1 aliphatic heterocycles. The molecule has 25 heavy (non-hydrogen) atoms. The number of nitrogens with zero attached hydrogens (tertiary/aromatic N) is 1. The Hall–Kier alpha value is -2.70. The Kier molecular flexibility index (Phi) is 3.59. The van der Waals surface area contributed by atoms with Crippen LogP contribution in [0.2, 0.25) is 5.02 Å². The number of imide groups is 1. The van der Waals surface area contributed by atoms with Crippen LogP contribution in [-0.2, 0) is 4.74 Å². The van der Waals surface area contributed by atoms with Gasteiger partial charge in [0.25, 0.3) is 11.8 Å². The van der Waals surface area contributed by atoms with E-state index in [9.17, 15) is 14.4 Å². The van der Waals surface area contributed by atoms with Gasteiger partial charge in [-0.1, -0.05) is 23.7 Å². The lowest BCUT2D eigenvalue weighted by atomic mass is 10.1. The van der Waals surface area contributed by atoms with Gasteiger partial charge in [0.2, 0.25) is 0 Å². The van der Waals surface area contributed by atoms with Gasteiger partial charge >= 0.3 is 5.97 Å². The third-order valence-corrected chi connectivity index (χ3v) is 5.67. The van der Waals surface area contributed by atoms with Crippen LogP contribution < -0.4 is 4.90 Å². The highest BCUT2D eigenvalue weighted by Crippen LogP contribution is 2.39. The average Bonchev–Trinajstić information content (AvgIpc) is 3.09. The van der Waals surface area contributed by atoms with Crippen molar-refractivity contribution in [3.05, 3.63) is 63.5 Å². The molecule has 0 atom stereocenters. The minimum atomic E-state index is -0.520. The van der Waals surface area contributed by atoms with Crippen LogP contribution in [0.4, 0.5) is 5.69 Å². The molecule has 0 unspecified atom stereocenters. The van der Waals surface area contributed by atoms with Crippen LogP contribution >= 0.6 is 22.9 Å². The van der Waals surface area contributed by atoms with Crippen molar-refractivity contribution in [2.45, 2.75) is 0 Å². The normalized spacial score (nSPS) is 13.4. The van der Waals surface area contributed by atoms with E-state index in [-0.39, 0.29) is 11.8 Å². The summed E-state index contributed by atoms with van der Waals surface area (Å²) in [6.45, 7) is 0. The van der Waals surface area contributed by atoms with Gasteiger partial charge in [-0.25, -0.2) is 9.69 Å². The van der Waals surface area contributed by atoms with Crippen molar-refractivity contribution in [2.24, 2.45) is 0 Å². The molecule has 124 valence electrons. The number of fused-ring (bicyclic) bond motifs is 2. The number of methoxy groups -OCH3 is 1. The summed E-state index contributed by atoms with van der Waals surface area (Å²) in [6, 6.07) is 11.7. The average molecular weight is 372 g/mol. The summed E-state index contributed by atoms with van der Waals surface area (Å²) in [5.41, 5.74) is 1.20. The van der Waals surface area contributed by atoms with Gasteiger partial charge in [0, 0.05) is 10.1 Å². The van der Waals surface area contributed by atoms with E-state index in [2.05, 4.69) is 0 Å². The fraction of sp³-hybridized carbons (Fsp3) is 0.0556. The number of rotatable bonds is 2. The lowest BCUT2D eigenvalue weighted by Gasteiger charge is -2.13. The molecule has 2 amide bonds. The maximum Gasteiger partial charge on any atom is 0.349 e. The van der Waals surface area contributed by atoms with Gasteiger partial charge in [-0.05, 0) is 30.3 Å². The summed E-state index contributed by atoms with van der Waals surface area (Å²) >= 11 is 7.40. The number of amides is 2. The Morgan fingerprint density at radius 3 is 2.32 bits per heavy atom. The molecule has 0 bridgehead atoms. The van der Waals surface area contributed by atoms with Crippen LogP contribution in [0.3, 0.4) is 0 Å². The van der Waals surface area contributed by atoms with Crippen molar-refractivity contribution in [3.8, 4) is 0 Å². The maximum absolute atomic E-state index is 12.6. The number of ether oxygens (including phenoxy) is 1. The smallest absolute Gasteiger partial charge is 0.349 e. The van der Waals surface area contributed by atoms with Gasteiger partial charge in [-0.3, -0.25) is 9.59 Å². The first-order chi connectivity index (χ1) is 12.0. The molecule has 2 aromatic carbocycles. The summed E-state index contributed by atoms with van der Waals surface area (Å²) in [4.78, 5) is 38.4. The predicted molar refractivity (Wildman–Crippen MR) is 95.8 cm³/mol. The fourth-order valence-electron chi connectivity index (χ4n) is 2.84. The third kappa shape index (κ3) is 2.26. The molecule has 0 spiro atoms. The lowest BCUT2D eigenvalue weighted by molar-refractivity contribution is 0.0606. The minimum Gasteiger partial charge on any atom is -0.465 e. The van der Waals surface area contributed by atoms with Crippen molar-refractivity contribution in [1.29, 1.82) is 0 Å². The van der Waals surface area contributed by atoms with E-state index < -0.39 is 5.97 Å². The van der Waals surface area contributed by atoms with Gasteiger partial charge in [0.1, 0.15) is 4.88 Å². The van der Waals surface area contributed by atoms with Crippen LogP contribution in [0.25, 0.3) is 10.1 Å². The second-order valence-corrected chi connectivity index (χ2v) is 6.84. The highest BCUT2D eigenvalue weighted by molar-refractivity contribution is 7.21. The Balaban J connectivity index is 1.82. The van der Waals surface area contributed by atoms with Gasteiger partial charge in [-0.2, -0.15) is 0 Å². The molecule has 1 aliphatic rings. The van der Waals surface area contributed by atoms with E-state index in [1.807, 2.05) is 0 Å². The first-order valence-corrected chi connectivity index (χ1v) is 8.50. The van der Waals surface area contributed by atoms with E-state index in [0.717, 1.165) is 16.2 Å². The Morgan fingerprint density at radius 2 is 1.72 bits per heavy atom.